The first kappa shape index (κ1) is 10.4. The monoisotopic (exact) mass is 199 g/mol. The van der Waals surface area contributed by atoms with Crippen molar-refractivity contribution in [2.75, 3.05) is 0 Å². The van der Waals surface area contributed by atoms with Crippen molar-refractivity contribution in [1.29, 1.82) is 0 Å². The molecule has 0 saturated carbocycles. The fraction of sp³-hybridized carbons (Fsp3) is 0.778. The lowest BCUT2D eigenvalue weighted by atomic mass is 9.98. The number of nitrogens with zero attached hydrogens (tertiary/aromatic N) is 2. The largest absolute Gasteiger partial charge is 0.299 e. The first-order chi connectivity index (χ1) is 5.99. The van der Waals surface area contributed by atoms with Gasteiger partial charge in [0.2, 0.25) is 0 Å². The van der Waals surface area contributed by atoms with Crippen LogP contribution in [0.15, 0.2) is 0 Å². The molecule has 1 aromatic heterocycles. The molecule has 0 radical (unpaired) electrons. The van der Waals surface area contributed by atoms with Gasteiger partial charge >= 0.3 is 0 Å². The van der Waals surface area contributed by atoms with Crippen molar-refractivity contribution in [1.82, 2.24) is 14.8 Å². The third-order valence-electron chi connectivity index (χ3n) is 2.31. The molecule has 0 saturated heterocycles. The van der Waals surface area contributed by atoms with Gasteiger partial charge in [0.25, 0.3) is 0 Å². The summed E-state index contributed by atoms with van der Waals surface area (Å²) in [6, 6.07) is 0. The Morgan fingerprint density at radius 3 is 2.54 bits per heavy atom. The number of aromatic amines is 1. The molecule has 0 bridgehead atoms. The van der Waals surface area contributed by atoms with Crippen LogP contribution in [0.4, 0.5) is 0 Å². The van der Waals surface area contributed by atoms with Gasteiger partial charge in [-0.05, 0) is 39.4 Å². The van der Waals surface area contributed by atoms with Crippen molar-refractivity contribution in [3.05, 3.63) is 10.6 Å². The molecule has 0 aromatic carbocycles. The Labute approximate surface area is 84.2 Å². The summed E-state index contributed by atoms with van der Waals surface area (Å²) in [6.45, 7) is 8.54. The zero-order valence-electron chi connectivity index (χ0n) is 8.72. The summed E-state index contributed by atoms with van der Waals surface area (Å²) in [6.07, 6.45) is 2.26. The van der Waals surface area contributed by atoms with Crippen LogP contribution in [0.5, 0.6) is 0 Å². The van der Waals surface area contributed by atoms with E-state index in [0.29, 0.717) is 0 Å². The molecule has 0 aliphatic heterocycles. The molecule has 0 aliphatic carbocycles. The molecule has 0 amide bonds. The Kier molecular flexibility index (Phi) is 2.91. The summed E-state index contributed by atoms with van der Waals surface area (Å²) in [5, 5.41) is 6.93. The lowest BCUT2D eigenvalue weighted by molar-refractivity contribution is 0.314. The summed E-state index contributed by atoms with van der Waals surface area (Å²) in [5.74, 6) is 0.962. The molecule has 1 heterocycles. The minimum Gasteiger partial charge on any atom is -0.299 e. The van der Waals surface area contributed by atoms with E-state index in [0.717, 1.165) is 23.4 Å². The maximum absolute atomic E-state index is 5.18. The van der Waals surface area contributed by atoms with Crippen LogP contribution in [0.25, 0.3) is 0 Å². The van der Waals surface area contributed by atoms with Crippen molar-refractivity contribution < 1.29 is 0 Å². The van der Waals surface area contributed by atoms with Crippen LogP contribution >= 0.6 is 12.2 Å². The van der Waals surface area contributed by atoms with Gasteiger partial charge in [0.15, 0.2) is 4.77 Å². The lowest BCUT2D eigenvalue weighted by Crippen LogP contribution is -2.27. The average molecular weight is 199 g/mol. The van der Waals surface area contributed by atoms with E-state index in [9.17, 15) is 0 Å². The van der Waals surface area contributed by atoms with Crippen molar-refractivity contribution in [3.8, 4) is 0 Å². The zero-order valence-corrected chi connectivity index (χ0v) is 9.53. The second-order valence-electron chi connectivity index (χ2n) is 3.97. The van der Waals surface area contributed by atoms with E-state index in [2.05, 4.69) is 35.5 Å². The highest BCUT2D eigenvalue weighted by Gasteiger charge is 2.21. The van der Waals surface area contributed by atoms with Crippen molar-refractivity contribution >= 4 is 12.2 Å². The van der Waals surface area contributed by atoms with E-state index in [4.69, 9.17) is 12.2 Å². The lowest BCUT2D eigenvalue weighted by Gasteiger charge is -2.26. The molecule has 1 aromatic rings. The Bertz CT molecular complexity index is 335. The standard InChI is InChI=1S/C9H17N3S/c1-5-6-9(3,4)12-7(2)10-11-8(12)13/h5-6H2,1-4H3,(H,11,13). The molecule has 3 nitrogen and oxygen atoms in total. The van der Waals surface area contributed by atoms with E-state index in [1.165, 1.54) is 0 Å². The maximum atomic E-state index is 5.18. The molecule has 13 heavy (non-hydrogen) atoms. The second kappa shape index (κ2) is 3.62. The number of aromatic nitrogens is 3. The summed E-state index contributed by atoms with van der Waals surface area (Å²) >= 11 is 5.18. The van der Waals surface area contributed by atoms with E-state index >= 15 is 0 Å². The van der Waals surface area contributed by atoms with Gasteiger partial charge in [-0.3, -0.25) is 9.67 Å². The Hall–Kier alpha value is -0.640. The average Bonchev–Trinajstić information content (AvgIpc) is 2.31. The summed E-state index contributed by atoms with van der Waals surface area (Å²) in [4.78, 5) is 0. The minimum atomic E-state index is 0.0723. The van der Waals surface area contributed by atoms with Crippen molar-refractivity contribution in [2.45, 2.75) is 46.1 Å². The molecule has 0 unspecified atom stereocenters. The smallest absolute Gasteiger partial charge is 0.195 e. The summed E-state index contributed by atoms with van der Waals surface area (Å²) in [7, 11) is 0. The second-order valence-corrected chi connectivity index (χ2v) is 4.36. The minimum absolute atomic E-state index is 0.0723. The summed E-state index contributed by atoms with van der Waals surface area (Å²) < 4.78 is 2.81. The number of H-pyrrole nitrogens is 1. The van der Waals surface area contributed by atoms with Gasteiger partial charge in [-0.1, -0.05) is 13.3 Å². The zero-order chi connectivity index (χ0) is 10.1. The molecule has 0 spiro atoms. The number of hydrogen-bond acceptors (Lipinski definition) is 2. The number of rotatable bonds is 3. The van der Waals surface area contributed by atoms with Gasteiger partial charge in [-0.15, -0.1) is 0 Å². The van der Waals surface area contributed by atoms with Gasteiger partial charge in [-0.2, -0.15) is 5.10 Å². The van der Waals surface area contributed by atoms with Crippen LogP contribution in [-0.2, 0) is 5.54 Å². The van der Waals surface area contributed by atoms with E-state index in [1.807, 2.05) is 6.92 Å². The number of nitrogens with one attached hydrogen (secondary N) is 1. The van der Waals surface area contributed by atoms with Gasteiger partial charge in [0, 0.05) is 5.54 Å². The molecule has 1 N–H and O–H groups in total. The molecule has 1 rings (SSSR count). The molecule has 0 aliphatic rings. The highest BCUT2D eigenvalue weighted by molar-refractivity contribution is 7.71. The third kappa shape index (κ3) is 1.99. The topological polar surface area (TPSA) is 33.6 Å². The molecular formula is C9H17N3S. The Morgan fingerprint density at radius 2 is 2.15 bits per heavy atom. The van der Waals surface area contributed by atoms with Gasteiger partial charge in [0.1, 0.15) is 5.82 Å². The van der Waals surface area contributed by atoms with Crippen LogP contribution in [-0.4, -0.2) is 14.8 Å². The van der Waals surface area contributed by atoms with Crippen molar-refractivity contribution in [3.63, 3.8) is 0 Å². The SMILES string of the molecule is CCCC(C)(C)n1c(C)n[nH]c1=S. The van der Waals surface area contributed by atoms with Crippen LogP contribution in [0, 0.1) is 11.7 Å². The first-order valence-electron chi connectivity index (χ1n) is 4.63. The highest BCUT2D eigenvalue weighted by Crippen LogP contribution is 2.22. The quantitative estimate of drug-likeness (QED) is 0.759. The Balaban J connectivity index is 3.12. The number of hydrogen-bond donors (Lipinski definition) is 1. The van der Waals surface area contributed by atoms with E-state index in [1.54, 1.807) is 0 Å². The fourth-order valence-corrected chi connectivity index (χ4v) is 2.24. The highest BCUT2D eigenvalue weighted by atomic mass is 32.1. The predicted octanol–water partition coefficient (Wildman–Crippen LogP) is 2.78. The fourth-order valence-electron chi connectivity index (χ4n) is 1.81. The maximum Gasteiger partial charge on any atom is 0.195 e. The van der Waals surface area contributed by atoms with Crippen LogP contribution in [0.3, 0.4) is 0 Å². The third-order valence-corrected chi connectivity index (χ3v) is 2.58. The normalized spacial score (nSPS) is 12.0. The molecular weight excluding hydrogens is 182 g/mol. The van der Waals surface area contributed by atoms with Gasteiger partial charge < -0.3 is 0 Å². The predicted molar refractivity (Wildman–Crippen MR) is 56.4 cm³/mol. The van der Waals surface area contributed by atoms with Crippen LogP contribution in [0.2, 0.25) is 0 Å². The number of aryl methyl sites for hydroxylation is 1. The summed E-state index contributed by atoms with van der Waals surface area (Å²) in [5.41, 5.74) is 0.0723. The molecule has 4 heteroatoms. The van der Waals surface area contributed by atoms with Gasteiger partial charge in [0.05, 0.1) is 0 Å². The molecule has 0 atom stereocenters. The van der Waals surface area contributed by atoms with Crippen LogP contribution in [0.1, 0.15) is 39.4 Å². The van der Waals surface area contributed by atoms with E-state index < -0.39 is 0 Å². The van der Waals surface area contributed by atoms with Crippen molar-refractivity contribution in [2.24, 2.45) is 0 Å². The van der Waals surface area contributed by atoms with Gasteiger partial charge in [-0.25, -0.2) is 0 Å². The van der Waals surface area contributed by atoms with Crippen LogP contribution < -0.4 is 0 Å². The molecule has 74 valence electrons. The Morgan fingerprint density at radius 1 is 1.54 bits per heavy atom. The first-order valence-corrected chi connectivity index (χ1v) is 5.04. The molecule has 0 fully saturated rings. The van der Waals surface area contributed by atoms with E-state index in [-0.39, 0.29) is 5.54 Å².